The monoisotopic (exact) mass is 511 g/mol. The van der Waals surface area contributed by atoms with Crippen LogP contribution in [0.1, 0.15) is 0 Å². The first-order valence-electron chi connectivity index (χ1n) is 11.5. The number of aromatic nitrogens is 1. The predicted molar refractivity (Wildman–Crippen MR) is 140 cm³/mol. The first-order valence-corrected chi connectivity index (χ1v) is 12.7. The molecule has 7 nitrogen and oxygen atoms in total. The van der Waals surface area contributed by atoms with Gasteiger partial charge < -0.3 is 14.2 Å². The van der Waals surface area contributed by atoms with E-state index in [0.717, 1.165) is 28.6 Å². The second-order valence-corrected chi connectivity index (χ2v) is 9.61. The maximum absolute atomic E-state index is 13.4. The van der Waals surface area contributed by atoms with E-state index in [9.17, 15) is 4.79 Å². The average molecular weight is 512 g/mol. The van der Waals surface area contributed by atoms with E-state index in [1.807, 2.05) is 42.5 Å². The van der Waals surface area contributed by atoms with Gasteiger partial charge in [-0.05, 0) is 35.0 Å². The number of anilines is 1. The van der Waals surface area contributed by atoms with Gasteiger partial charge in [0.2, 0.25) is 0 Å². The Labute approximate surface area is 212 Å². The van der Waals surface area contributed by atoms with E-state index in [-0.39, 0.29) is 12.5 Å². The van der Waals surface area contributed by atoms with Crippen LogP contribution in [0.2, 0.25) is 5.02 Å². The highest BCUT2D eigenvalue weighted by molar-refractivity contribution is 7.23. The van der Waals surface area contributed by atoms with Crippen molar-refractivity contribution in [3.63, 3.8) is 0 Å². The van der Waals surface area contributed by atoms with Crippen LogP contribution in [-0.4, -0.2) is 68.9 Å². The van der Waals surface area contributed by atoms with Crippen molar-refractivity contribution in [1.82, 2.24) is 9.88 Å². The predicted octanol–water partition coefficient (Wildman–Crippen LogP) is 4.86. The molecule has 4 aromatic rings. The van der Waals surface area contributed by atoms with Crippen molar-refractivity contribution in [2.45, 2.75) is 0 Å². The molecule has 0 bridgehead atoms. The summed E-state index contributed by atoms with van der Waals surface area (Å²) < 4.78 is 17.6. The molecule has 0 N–H and O–H groups in total. The number of hydrogen-bond donors (Lipinski definition) is 0. The molecular weight excluding hydrogens is 486 g/mol. The number of carbonyl (C=O) groups is 1. The topological polar surface area (TPSA) is 64.1 Å². The minimum atomic E-state index is -0.166. The van der Waals surface area contributed by atoms with Crippen LogP contribution >= 0.6 is 22.9 Å². The van der Waals surface area contributed by atoms with E-state index >= 15 is 0 Å². The van der Waals surface area contributed by atoms with E-state index in [1.165, 1.54) is 11.3 Å². The Balaban J connectivity index is 1.38. The Kier molecular flexibility index (Phi) is 7.34. The fourth-order valence-corrected chi connectivity index (χ4v) is 5.39. The second-order valence-electron chi connectivity index (χ2n) is 8.22. The van der Waals surface area contributed by atoms with Crippen LogP contribution in [0.25, 0.3) is 21.0 Å². The zero-order valence-corrected chi connectivity index (χ0v) is 21.0. The van der Waals surface area contributed by atoms with Gasteiger partial charge in [0.05, 0.1) is 30.0 Å². The zero-order chi connectivity index (χ0) is 24.2. The summed E-state index contributed by atoms with van der Waals surface area (Å²) in [6.07, 6.45) is 0. The number of nitrogens with zero attached hydrogens (tertiary/aromatic N) is 3. The second kappa shape index (κ2) is 10.8. The van der Waals surface area contributed by atoms with E-state index in [1.54, 1.807) is 24.1 Å². The molecule has 0 radical (unpaired) electrons. The Bertz CT molecular complexity index is 1340. The molecule has 1 aliphatic rings. The summed E-state index contributed by atoms with van der Waals surface area (Å²) >= 11 is 7.82. The summed E-state index contributed by atoms with van der Waals surface area (Å²) in [4.78, 5) is 22.1. The van der Waals surface area contributed by atoms with E-state index in [4.69, 9.17) is 30.8 Å². The van der Waals surface area contributed by atoms with Crippen LogP contribution in [-0.2, 0) is 9.53 Å². The smallest absolute Gasteiger partial charge is 0.266 e. The van der Waals surface area contributed by atoms with Crippen molar-refractivity contribution in [2.75, 3.05) is 58.0 Å². The summed E-state index contributed by atoms with van der Waals surface area (Å²) in [5.41, 5.74) is 0.652. The molecule has 35 heavy (non-hydrogen) atoms. The SMILES string of the molecule is COc1ccc(Cl)c2sc(N(CCN3CCOCC3)C(=O)COc3ccc4ccccc4c3)nc12. The van der Waals surface area contributed by atoms with Crippen molar-refractivity contribution in [3.05, 3.63) is 59.6 Å². The number of benzene rings is 3. The lowest BCUT2D eigenvalue weighted by Crippen LogP contribution is -2.44. The molecule has 0 saturated carbocycles. The van der Waals surface area contributed by atoms with Crippen molar-refractivity contribution >= 4 is 55.0 Å². The van der Waals surface area contributed by atoms with Crippen LogP contribution in [0.15, 0.2) is 54.6 Å². The average Bonchev–Trinajstić information content (AvgIpc) is 3.34. The van der Waals surface area contributed by atoms with E-state index in [0.29, 0.717) is 53.5 Å². The lowest BCUT2D eigenvalue weighted by atomic mass is 10.1. The maximum Gasteiger partial charge on any atom is 0.266 e. The zero-order valence-electron chi connectivity index (χ0n) is 19.4. The first-order chi connectivity index (χ1) is 17.1. The highest BCUT2D eigenvalue weighted by Gasteiger charge is 2.24. The van der Waals surface area contributed by atoms with Gasteiger partial charge in [0, 0.05) is 26.2 Å². The summed E-state index contributed by atoms with van der Waals surface area (Å²) in [5.74, 6) is 1.11. The molecule has 1 saturated heterocycles. The number of halogens is 1. The Hall–Kier alpha value is -2.91. The Morgan fingerprint density at radius 3 is 2.74 bits per heavy atom. The third-order valence-electron chi connectivity index (χ3n) is 6.03. The summed E-state index contributed by atoms with van der Waals surface area (Å²) in [7, 11) is 1.60. The van der Waals surface area contributed by atoms with Gasteiger partial charge >= 0.3 is 0 Å². The molecule has 0 spiro atoms. The highest BCUT2D eigenvalue weighted by Crippen LogP contribution is 2.38. The molecule has 3 aromatic carbocycles. The van der Waals surface area contributed by atoms with Crippen molar-refractivity contribution in [1.29, 1.82) is 0 Å². The number of rotatable bonds is 8. The first kappa shape index (κ1) is 23.8. The van der Waals surface area contributed by atoms with Gasteiger partial charge in [-0.25, -0.2) is 4.98 Å². The van der Waals surface area contributed by atoms with Gasteiger partial charge in [-0.3, -0.25) is 14.6 Å². The largest absolute Gasteiger partial charge is 0.494 e. The molecule has 2 heterocycles. The lowest BCUT2D eigenvalue weighted by Gasteiger charge is -2.29. The minimum absolute atomic E-state index is 0.0950. The van der Waals surface area contributed by atoms with Crippen molar-refractivity contribution < 1.29 is 19.0 Å². The van der Waals surface area contributed by atoms with Gasteiger partial charge in [0.1, 0.15) is 17.0 Å². The van der Waals surface area contributed by atoms with Crippen LogP contribution in [0, 0.1) is 0 Å². The molecule has 1 aromatic heterocycles. The van der Waals surface area contributed by atoms with Crippen LogP contribution in [0.3, 0.4) is 0 Å². The van der Waals surface area contributed by atoms with Gasteiger partial charge in [-0.15, -0.1) is 0 Å². The summed E-state index contributed by atoms with van der Waals surface area (Å²) in [5, 5.41) is 3.34. The van der Waals surface area contributed by atoms with Crippen LogP contribution in [0.5, 0.6) is 11.5 Å². The lowest BCUT2D eigenvalue weighted by molar-refractivity contribution is -0.120. The molecule has 0 atom stereocenters. The molecule has 1 aliphatic heterocycles. The molecule has 182 valence electrons. The van der Waals surface area contributed by atoms with Crippen molar-refractivity contribution in [3.8, 4) is 11.5 Å². The molecule has 1 amide bonds. The number of morpholine rings is 1. The minimum Gasteiger partial charge on any atom is -0.494 e. The normalized spacial score (nSPS) is 14.3. The summed E-state index contributed by atoms with van der Waals surface area (Å²) in [6.45, 7) is 4.19. The van der Waals surface area contributed by atoms with Gasteiger partial charge in [-0.2, -0.15) is 0 Å². The van der Waals surface area contributed by atoms with Crippen LogP contribution < -0.4 is 14.4 Å². The van der Waals surface area contributed by atoms with Gasteiger partial charge in [0.25, 0.3) is 5.91 Å². The molecule has 9 heteroatoms. The number of carbonyl (C=O) groups excluding carboxylic acids is 1. The third-order valence-corrected chi connectivity index (χ3v) is 7.56. The standard InChI is InChI=1S/C26H26ClN3O4S/c1-32-22-9-8-21(27)25-24(22)28-26(35-25)30(11-10-29-12-14-33-15-13-29)23(31)17-34-20-7-6-18-4-2-3-5-19(18)16-20/h2-9,16H,10-15,17H2,1H3. The maximum atomic E-state index is 13.4. The quantitative estimate of drug-likeness (QED) is 0.337. The molecular formula is C26H26ClN3O4S. The number of fused-ring (bicyclic) bond motifs is 2. The number of ether oxygens (including phenoxy) is 3. The Morgan fingerprint density at radius 1 is 1.14 bits per heavy atom. The molecule has 1 fully saturated rings. The highest BCUT2D eigenvalue weighted by atomic mass is 35.5. The third kappa shape index (κ3) is 5.36. The molecule has 0 aliphatic carbocycles. The Morgan fingerprint density at radius 2 is 1.94 bits per heavy atom. The van der Waals surface area contributed by atoms with E-state index in [2.05, 4.69) is 4.90 Å². The number of methoxy groups -OCH3 is 1. The summed E-state index contributed by atoms with van der Waals surface area (Å²) in [6, 6.07) is 17.5. The van der Waals surface area contributed by atoms with E-state index < -0.39 is 0 Å². The number of thiazole rings is 1. The van der Waals surface area contributed by atoms with Gasteiger partial charge in [0.15, 0.2) is 11.7 Å². The van der Waals surface area contributed by atoms with Crippen LogP contribution in [0.4, 0.5) is 5.13 Å². The fourth-order valence-electron chi connectivity index (χ4n) is 4.09. The fraction of sp³-hybridized carbons (Fsp3) is 0.308. The molecule has 0 unspecified atom stereocenters. The number of amides is 1. The van der Waals surface area contributed by atoms with Gasteiger partial charge in [-0.1, -0.05) is 53.3 Å². The van der Waals surface area contributed by atoms with Crippen molar-refractivity contribution in [2.24, 2.45) is 0 Å². The molecule has 5 rings (SSSR count). The number of hydrogen-bond acceptors (Lipinski definition) is 7.